The molecule has 1 aromatic rings. The van der Waals surface area contributed by atoms with E-state index in [1.165, 1.54) is 0 Å². The summed E-state index contributed by atoms with van der Waals surface area (Å²) >= 11 is 1.03. The molecule has 74 valence electrons. The first-order chi connectivity index (χ1) is 6.06. The Kier molecular flexibility index (Phi) is 3.29. The Balaban J connectivity index is 2.90. The van der Waals surface area contributed by atoms with Crippen LogP contribution in [0.4, 0.5) is 8.78 Å². The van der Waals surface area contributed by atoms with Crippen LogP contribution in [-0.4, -0.2) is 16.5 Å². The number of halogens is 2. The molecule has 3 N–H and O–H groups in total. The zero-order chi connectivity index (χ0) is 10.0. The minimum absolute atomic E-state index is 0.0351. The molecule has 0 saturated heterocycles. The van der Waals surface area contributed by atoms with Crippen LogP contribution in [0.2, 0.25) is 0 Å². The van der Waals surface area contributed by atoms with Crippen molar-refractivity contribution in [1.29, 1.82) is 0 Å². The van der Waals surface area contributed by atoms with Crippen LogP contribution in [0.3, 0.4) is 0 Å². The average Bonchev–Trinajstić information content (AvgIpc) is 2.45. The summed E-state index contributed by atoms with van der Waals surface area (Å²) in [4.78, 5) is 4.54. The second kappa shape index (κ2) is 4.08. The van der Waals surface area contributed by atoms with Gasteiger partial charge in [0, 0.05) is 11.4 Å². The van der Waals surface area contributed by atoms with Crippen LogP contribution in [-0.2, 0) is 6.54 Å². The molecule has 0 spiro atoms. The summed E-state index contributed by atoms with van der Waals surface area (Å²) in [7, 11) is 0. The van der Waals surface area contributed by atoms with E-state index in [-0.39, 0.29) is 11.6 Å². The van der Waals surface area contributed by atoms with E-state index < -0.39 is 12.5 Å². The van der Waals surface area contributed by atoms with Gasteiger partial charge in [0.1, 0.15) is 5.01 Å². The standard InChI is InChI=1S/C7H10F2N2OS/c1-3-4(2-10)13-7(11-3)5(12)6(8)9/h5-6,12H,2,10H2,1H3. The second-order valence-electron chi connectivity index (χ2n) is 2.54. The van der Waals surface area contributed by atoms with Crippen LogP contribution in [0.5, 0.6) is 0 Å². The molecule has 1 atom stereocenters. The Hall–Kier alpha value is -0.590. The number of rotatable bonds is 3. The minimum Gasteiger partial charge on any atom is -0.380 e. The third-order valence-corrected chi connectivity index (χ3v) is 2.84. The van der Waals surface area contributed by atoms with E-state index in [1.807, 2.05) is 0 Å². The van der Waals surface area contributed by atoms with Crippen LogP contribution in [0.25, 0.3) is 0 Å². The highest BCUT2D eigenvalue weighted by atomic mass is 32.1. The first-order valence-corrected chi connectivity index (χ1v) is 4.50. The van der Waals surface area contributed by atoms with E-state index in [0.29, 0.717) is 5.69 Å². The van der Waals surface area contributed by atoms with Gasteiger partial charge in [-0.15, -0.1) is 11.3 Å². The number of aromatic nitrogens is 1. The fraction of sp³-hybridized carbons (Fsp3) is 0.571. The Morgan fingerprint density at radius 1 is 1.62 bits per heavy atom. The SMILES string of the molecule is Cc1nc(C(O)C(F)F)sc1CN. The maximum Gasteiger partial charge on any atom is 0.270 e. The lowest BCUT2D eigenvalue weighted by Crippen LogP contribution is -2.07. The Morgan fingerprint density at radius 3 is 2.62 bits per heavy atom. The molecule has 0 aliphatic rings. The van der Waals surface area contributed by atoms with Crippen molar-refractivity contribution in [2.45, 2.75) is 26.0 Å². The minimum atomic E-state index is -2.80. The van der Waals surface area contributed by atoms with Crippen molar-refractivity contribution in [3.63, 3.8) is 0 Å². The first kappa shape index (κ1) is 10.5. The number of nitrogens with zero attached hydrogens (tertiary/aromatic N) is 1. The fourth-order valence-electron chi connectivity index (χ4n) is 0.874. The topological polar surface area (TPSA) is 59.1 Å². The van der Waals surface area contributed by atoms with Gasteiger partial charge < -0.3 is 10.8 Å². The monoisotopic (exact) mass is 208 g/mol. The van der Waals surface area contributed by atoms with Gasteiger partial charge in [-0.1, -0.05) is 0 Å². The molecule has 0 aromatic carbocycles. The molecule has 0 bridgehead atoms. The average molecular weight is 208 g/mol. The van der Waals surface area contributed by atoms with E-state index in [4.69, 9.17) is 10.8 Å². The van der Waals surface area contributed by atoms with Crippen molar-refractivity contribution in [3.8, 4) is 0 Å². The first-order valence-electron chi connectivity index (χ1n) is 3.68. The normalized spacial score (nSPS) is 13.7. The molecule has 0 amide bonds. The third-order valence-electron chi connectivity index (χ3n) is 1.59. The lowest BCUT2D eigenvalue weighted by atomic mass is 10.4. The molecule has 1 unspecified atom stereocenters. The predicted molar refractivity (Wildman–Crippen MR) is 45.7 cm³/mol. The zero-order valence-electron chi connectivity index (χ0n) is 7.00. The summed E-state index contributed by atoms with van der Waals surface area (Å²) in [6, 6.07) is 0. The molecule has 3 nitrogen and oxygen atoms in total. The summed E-state index contributed by atoms with van der Waals surface area (Å²) in [6.45, 7) is 1.94. The molecule has 6 heteroatoms. The summed E-state index contributed by atoms with van der Waals surface area (Å²) in [5.41, 5.74) is 5.95. The zero-order valence-corrected chi connectivity index (χ0v) is 7.81. The molecule has 0 aliphatic heterocycles. The van der Waals surface area contributed by atoms with Crippen LogP contribution >= 0.6 is 11.3 Å². The highest BCUT2D eigenvalue weighted by Crippen LogP contribution is 2.26. The second-order valence-corrected chi connectivity index (χ2v) is 3.66. The lowest BCUT2D eigenvalue weighted by Gasteiger charge is -2.03. The maximum atomic E-state index is 12.0. The number of hydrogen-bond acceptors (Lipinski definition) is 4. The summed E-state index contributed by atoms with van der Waals surface area (Å²) in [6.07, 6.45) is -4.58. The fourth-order valence-corrected chi connectivity index (χ4v) is 1.81. The number of thiazole rings is 1. The number of alkyl halides is 2. The van der Waals surface area contributed by atoms with Gasteiger partial charge in [-0.2, -0.15) is 0 Å². The van der Waals surface area contributed by atoms with Gasteiger partial charge in [-0.05, 0) is 6.92 Å². The predicted octanol–water partition coefficient (Wildman–Crippen LogP) is 1.21. The molecule has 0 fully saturated rings. The van der Waals surface area contributed by atoms with Gasteiger partial charge in [-0.25, -0.2) is 13.8 Å². The van der Waals surface area contributed by atoms with Crippen LogP contribution < -0.4 is 5.73 Å². The van der Waals surface area contributed by atoms with Crippen molar-refractivity contribution < 1.29 is 13.9 Å². The van der Waals surface area contributed by atoms with Crippen molar-refractivity contribution in [2.75, 3.05) is 0 Å². The quantitative estimate of drug-likeness (QED) is 0.784. The van der Waals surface area contributed by atoms with Gasteiger partial charge in [0.2, 0.25) is 0 Å². The van der Waals surface area contributed by atoms with E-state index >= 15 is 0 Å². The van der Waals surface area contributed by atoms with Gasteiger partial charge in [0.05, 0.1) is 5.69 Å². The van der Waals surface area contributed by atoms with Gasteiger partial charge >= 0.3 is 0 Å². The van der Waals surface area contributed by atoms with E-state index in [0.717, 1.165) is 16.2 Å². The molecular weight excluding hydrogens is 198 g/mol. The maximum absolute atomic E-state index is 12.0. The van der Waals surface area contributed by atoms with Crippen LogP contribution in [0.1, 0.15) is 21.7 Å². The Labute approximate surface area is 78.2 Å². The van der Waals surface area contributed by atoms with Gasteiger partial charge in [0.25, 0.3) is 6.43 Å². The molecule has 1 heterocycles. The Bertz CT molecular complexity index is 290. The van der Waals surface area contributed by atoms with Crippen molar-refractivity contribution >= 4 is 11.3 Å². The number of hydrogen-bond donors (Lipinski definition) is 2. The third kappa shape index (κ3) is 2.20. The molecule has 0 radical (unpaired) electrons. The molecule has 13 heavy (non-hydrogen) atoms. The lowest BCUT2D eigenvalue weighted by molar-refractivity contribution is -0.00592. The smallest absolute Gasteiger partial charge is 0.270 e. The number of nitrogens with two attached hydrogens (primary N) is 1. The number of aryl methyl sites for hydroxylation is 1. The van der Waals surface area contributed by atoms with Crippen LogP contribution in [0, 0.1) is 6.92 Å². The summed E-state index contributed by atoms with van der Waals surface area (Å²) in [5, 5.41) is 9.02. The van der Waals surface area contributed by atoms with E-state index in [1.54, 1.807) is 6.92 Å². The highest BCUT2D eigenvalue weighted by molar-refractivity contribution is 7.11. The Morgan fingerprint density at radius 2 is 2.23 bits per heavy atom. The van der Waals surface area contributed by atoms with E-state index in [9.17, 15) is 8.78 Å². The van der Waals surface area contributed by atoms with Crippen LogP contribution in [0.15, 0.2) is 0 Å². The summed E-state index contributed by atoms with van der Waals surface area (Å²) < 4.78 is 24.1. The molecule has 1 rings (SSSR count). The van der Waals surface area contributed by atoms with E-state index in [2.05, 4.69) is 4.98 Å². The summed E-state index contributed by atoms with van der Waals surface area (Å²) in [5.74, 6) is 0. The molecule has 0 aliphatic carbocycles. The molecular formula is C7H10F2N2OS. The number of aliphatic hydroxyl groups is 1. The van der Waals surface area contributed by atoms with Gasteiger partial charge in [-0.3, -0.25) is 0 Å². The largest absolute Gasteiger partial charge is 0.380 e. The van der Waals surface area contributed by atoms with Gasteiger partial charge in [0.15, 0.2) is 6.10 Å². The van der Waals surface area contributed by atoms with Crippen molar-refractivity contribution in [2.24, 2.45) is 5.73 Å². The molecule has 0 saturated carbocycles. The van der Waals surface area contributed by atoms with Crippen molar-refractivity contribution in [3.05, 3.63) is 15.6 Å². The highest BCUT2D eigenvalue weighted by Gasteiger charge is 2.23. The van der Waals surface area contributed by atoms with Crippen molar-refractivity contribution in [1.82, 2.24) is 4.98 Å². The molecule has 1 aromatic heterocycles. The number of aliphatic hydroxyl groups excluding tert-OH is 1.